The second-order valence-corrected chi connectivity index (χ2v) is 7.36. The summed E-state index contributed by atoms with van der Waals surface area (Å²) in [6.07, 6.45) is 11.1. The topological polar surface area (TPSA) is 50.5 Å². The molecule has 5 heteroatoms. The van der Waals surface area contributed by atoms with Gasteiger partial charge in [0.2, 0.25) is 5.78 Å². The molecule has 3 aromatic rings. The monoisotopic (exact) mass is 346 g/mol. The number of benzene rings is 1. The summed E-state index contributed by atoms with van der Waals surface area (Å²) in [7, 11) is 0. The molecule has 26 heavy (non-hydrogen) atoms. The molecule has 1 saturated heterocycles. The zero-order valence-electron chi connectivity index (χ0n) is 14.7. The summed E-state index contributed by atoms with van der Waals surface area (Å²) in [5.41, 5.74) is 3.40. The molecule has 0 N–H and O–H groups in total. The van der Waals surface area contributed by atoms with Crippen molar-refractivity contribution in [2.75, 3.05) is 6.54 Å². The van der Waals surface area contributed by atoms with Crippen LogP contribution in [-0.4, -0.2) is 37.8 Å². The summed E-state index contributed by atoms with van der Waals surface area (Å²) in [4.78, 5) is 23.9. The molecule has 2 aliphatic rings. The number of hydrogen-bond acceptors (Lipinski definition) is 3. The summed E-state index contributed by atoms with van der Waals surface area (Å²) in [5.74, 6) is 1.07. The lowest BCUT2D eigenvalue weighted by atomic mass is 9.78. The number of hydrogen-bond donors (Lipinski definition) is 0. The fourth-order valence-electron chi connectivity index (χ4n) is 4.73. The zero-order valence-corrected chi connectivity index (χ0v) is 14.7. The van der Waals surface area contributed by atoms with Gasteiger partial charge in [-0.25, -0.2) is 9.97 Å². The SMILES string of the molecule is O=C(c1cn2cccnc2n1)N1CCC[C@@H]1[C@@H]1CCCc2ccccc21. The van der Waals surface area contributed by atoms with Gasteiger partial charge < -0.3 is 4.90 Å². The van der Waals surface area contributed by atoms with E-state index in [1.807, 2.05) is 16.7 Å². The predicted molar refractivity (Wildman–Crippen MR) is 99.2 cm³/mol. The fraction of sp³-hybridized carbons (Fsp3) is 0.381. The molecule has 1 aliphatic carbocycles. The van der Waals surface area contributed by atoms with Crippen molar-refractivity contribution in [1.82, 2.24) is 19.3 Å². The van der Waals surface area contributed by atoms with Crippen molar-refractivity contribution in [3.63, 3.8) is 0 Å². The number of imidazole rings is 1. The van der Waals surface area contributed by atoms with E-state index in [1.54, 1.807) is 12.4 Å². The van der Waals surface area contributed by atoms with Crippen LogP contribution in [0, 0.1) is 0 Å². The second kappa shape index (κ2) is 6.24. The first-order valence-corrected chi connectivity index (χ1v) is 9.50. The lowest BCUT2D eigenvalue weighted by Crippen LogP contribution is -2.40. The average Bonchev–Trinajstić information content (AvgIpc) is 3.34. The Kier molecular flexibility index (Phi) is 3.73. The van der Waals surface area contributed by atoms with E-state index < -0.39 is 0 Å². The molecule has 0 spiro atoms. The van der Waals surface area contributed by atoms with Crippen LogP contribution in [0.4, 0.5) is 0 Å². The molecule has 0 saturated carbocycles. The maximum absolute atomic E-state index is 13.2. The largest absolute Gasteiger partial charge is 0.334 e. The maximum atomic E-state index is 13.2. The molecule has 3 heterocycles. The summed E-state index contributed by atoms with van der Waals surface area (Å²) >= 11 is 0. The number of aryl methyl sites for hydroxylation is 1. The highest BCUT2D eigenvalue weighted by molar-refractivity contribution is 5.93. The van der Waals surface area contributed by atoms with Gasteiger partial charge >= 0.3 is 0 Å². The smallest absolute Gasteiger partial charge is 0.274 e. The van der Waals surface area contributed by atoms with Crippen LogP contribution in [0.15, 0.2) is 48.9 Å². The van der Waals surface area contributed by atoms with E-state index in [1.165, 1.54) is 17.5 Å². The quantitative estimate of drug-likeness (QED) is 0.714. The summed E-state index contributed by atoms with van der Waals surface area (Å²) in [5, 5.41) is 0. The van der Waals surface area contributed by atoms with Crippen LogP contribution in [0.3, 0.4) is 0 Å². The molecule has 0 bridgehead atoms. The number of aromatic nitrogens is 3. The Labute approximate surface area is 152 Å². The van der Waals surface area contributed by atoms with E-state index in [0.717, 1.165) is 32.2 Å². The van der Waals surface area contributed by atoms with Gasteiger partial charge in [-0.1, -0.05) is 24.3 Å². The van der Waals surface area contributed by atoms with Gasteiger partial charge in [0.05, 0.1) is 0 Å². The number of rotatable bonds is 2. The van der Waals surface area contributed by atoms with E-state index in [-0.39, 0.29) is 11.9 Å². The van der Waals surface area contributed by atoms with Gasteiger partial charge in [0.25, 0.3) is 5.91 Å². The molecule has 2 aromatic heterocycles. The number of carbonyl (C=O) groups excluding carboxylic acids is 1. The van der Waals surface area contributed by atoms with Crippen LogP contribution >= 0.6 is 0 Å². The molecule has 1 aromatic carbocycles. The minimum atomic E-state index is 0.0426. The standard InChI is InChI=1S/C21H22N4O/c26-20(18-14-24-12-5-11-22-21(24)23-18)25-13-4-10-19(25)17-9-3-7-15-6-1-2-8-16(15)17/h1-2,5-6,8,11-12,14,17,19H,3-4,7,9-10,13H2/t17-,19-/m1/s1. The van der Waals surface area contributed by atoms with Crippen LogP contribution in [0.5, 0.6) is 0 Å². The highest BCUT2D eigenvalue weighted by Crippen LogP contribution is 2.40. The van der Waals surface area contributed by atoms with Crippen LogP contribution in [-0.2, 0) is 6.42 Å². The molecule has 132 valence electrons. The Balaban J connectivity index is 1.47. The van der Waals surface area contributed by atoms with E-state index in [4.69, 9.17) is 0 Å². The summed E-state index contributed by atoms with van der Waals surface area (Å²) in [6, 6.07) is 10.9. The van der Waals surface area contributed by atoms with Crippen molar-refractivity contribution >= 4 is 11.7 Å². The third-order valence-electron chi connectivity index (χ3n) is 5.89. The fourth-order valence-corrected chi connectivity index (χ4v) is 4.73. The zero-order chi connectivity index (χ0) is 17.5. The molecule has 0 radical (unpaired) electrons. The molecule has 2 atom stereocenters. The van der Waals surface area contributed by atoms with E-state index in [9.17, 15) is 4.79 Å². The van der Waals surface area contributed by atoms with Crippen molar-refractivity contribution in [3.05, 3.63) is 65.7 Å². The van der Waals surface area contributed by atoms with Crippen molar-refractivity contribution in [3.8, 4) is 0 Å². The highest BCUT2D eigenvalue weighted by atomic mass is 16.2. The van der Waals surface area contributed by atoms with Gasteiger partial charge in [0.1, 0.15) is 5.69 Å². The number of nitrogens with zero attached hydrogens (tertiary/aromatic N) is 4. The van der Waals surface area contributed by atoms with Crippen LogP contribution < -0.4 is 0 Å². The van der Waals surface area contributed by atoms with E-state index in [0.29, 0.717) is 17.4 Å². The van der Waals surface area contributed by atoms with Gasteiger partial charge in [-0.05, 0) is 49.3 Å². The molecule has 1 aliphatic heterocycles. The Bertz CT molecular complexity index is 930. The van der Waals surface area contributed by atoms with E-state index in [2.05, 4.69) is 39.1 Å². The molecular weight excluding hydrogens is 324 g/mol. The summed E-state index contributed by atoms with van der Waals surface area (Å²) < 4.78 is 1.81. The number of fused-ring (bicyclic) bond motifs is 2. The molecule has 1 fully saturated rings. The Hall–Kier alpha value is -2.69. The molecular formula is C21H22N4O. The Morgan fingerprint density at radius 3 is 2.96 bits per heavy atom. The lowest BCUT2D eigenvalue weighted by Gasteiger charge is -2.35. The van der Waals surface area contributed by atoms with Crippen LogP contribution in [0.1, 0.15) is 53.2 Å². The third-order valence-corrected chi connectivity index (χ3v) is 5.89. The lowest BCUT2D eigenvalue weighted by molar-refractivity contribution is 0.0705. The van der Waals surface area contributed by atoms with Gasteiger partial charge in [-0.2, -0.15) is 0 Å². The van der Waals surface area contributed by atoms with Crippen molar-refractivity contribution in [1.29, 1.82) is 0 Å². The minimum Gasteiger partial charge on any atom is -0.334 e. The normalized spacial score (nSPS) is 22.5. The first-order valence-electron chi connectivity index (χ1n) is 9.50. The number of likely N-dealkylation sites (tertiary alicyclic amines) is 1. The van der Waals surface area contributed by atoms with Crippen molar-refractivity contribution < 1.29 is 4.79 Å². The van der Waals surface area contributed by atoms with Gasteiger partial charge in [-0.3, -0.25) is 9.20 Å². The van der Waals surface area contributed by atoms with Gasteiger partial charge in [-0.15, -0.1) is 0 Å². The molecule has 5 rings (SSSR count). The second-order valence-electron chi connectivity index (χ2n) is 7.36. The number of carbonyl (C=O) groups is 1. The van der Waals surface area contributed by atoms with Crippen molar-refractivity contribution in [2.45, 2.75) is 44.1 Å². The van der Waals surface area contributed by atoms with Crippen molar-refractivity contribution in [2.24, 2.45) is 0 Å². The maximum Gasteiger partial charge on any atom is 0.274 e. The Morgan fingerprint density at radius 2 is 2.04 bits per heavy atom. The van der Waals surface area contributed by atoms with Crippen LogP contribution in [0.25, 0.3) is 5.78 Å². The minimum absolute atomic E-state index is 0.0426. The van der Waals surface area contributed by atoms with Crippen LogP contribution in [0.2, 0.25) is 0 Å². The Morgan fingerprint density at radius 1 is 1.12 bits per heavy atom. The predicted octanol–water partition coefficient (Wildman–Crippen LogP) is 3.45. The van der Waals surface area contributed by atoms with Gasteiger partial charge in [0, 0.05) is 37.1 Å². The van der Waals surface area contributed by atoms with Gasteiger partial charge in [0.15, 0.2) is 0 Å². The first-order chi connectivity index (χ1) is 12.8. The molecule has 1 amide bonds. The molecule has 0 unspecified atom stereocenters. The summed E-state index contributed by atoms with van der Waals surface area (Å²) in [6.45, 7) is 0.823. The average molecular weight is 346 g/mol. The first kappa shape index (κ1) is 15.6. The molecule has 5 nitrogen and oxygen atoms in total. The highest BCUT2D eigenvalue weighted by Gasteiger charge is 2.38. The van der Waals surface area contributed by atoms with E-state index >= 15 is 0 Å². The third kappa shape index (κ3) is 2.50. The number of amides is 1.